The molecule has 1 aliphatic rings. The molecule has 0 saturated carbocycles. The lowest BCUT2D eigenvalue weighted by Gasteiger charge is -2.39. The minimum Gasteiger partial charge on any atom is -0.414 e. The summed E-state index contributed by atoms with van der Waals surface area (Å²) in [7, 11) is -6.55. The smallest absolute Gasteiger partial charge is 0.190 e. The molecule has 38 heavy (non-hydrogen) atoms. The van der Waals surface area contributed by atoms with Gasteiger partial charge in [-0.05, 0) is 37.0 Å². The van der Waals surface area contributed by atoms with Crippen LogP contribution >= 0.6 is 0 Å². The molecule has 1 saturated heterocycles. The van der Waals surface area contributed by atoms with E-state index in [1.54, 1.807) is 15.6 Å². The molecule has 4 rings (SSSR count). The monoisotopic (exact) mass is 574 g/mol. The highest BCUT2D eigenvalue weighted by atomic mass is 28.4. The van der Waals surface area contributed by atoms with Crippen molar-refractivity contribution in [3.05, 3.63) is 91.0 Å². The normalized spacial score (nSPS) is 20.8. The first-order chi connectivity index (χ1) is 17.8. The molecular formula is C33H50OSi4. The van der Waals surface area contributed by atoms with Gasteiger partial charge in [0.2, 0.25) is 0 Å². The van der Waals surface area contributed by atoms with E-state index in [0.29, 0.717) is 6.10 Å². The highest BCUT2D eigenvalue weighted by Gasteiger charge is 2.48. The second-order valence-electron chi connectivity index (χ2n) is 14.2. The number of benzene rings is 3. The van der Waals surface area contributed by atoms with Crippen molar-refractivity contribution >= 4 is 48.1 Å². The van der Waals surface area contributed by atoms with Gasteiger partial charge in [0.05, 0.1) is 24.2 Å². The van der Waals surface area contributed by atoms with Crippen LogP contribution in [0.2, 0.25) is 75.5 Å². The zero-order valence-corrected chi connectivity index (χ0v) is 29.1. The van der Waals surface area contributed by atoms with E-state index in [2.05, 4.69) is 143 Å². The third-order valence-corrected chi connectivity index (χ3v) is 25.0. The Balaban J connectivity index is 1.58. The lowest BCUT2D eigenvalue weighted by molar-refractivity contribution is 0.210. The number of hydrogen-bond donors (Lipinski definition) is 0. The van der Waals surface area contributed by atoms with Crippen molar-refractivity contribution in [2.45, 2.75) is 94.5 Å². The summed E-state index contributed by atoms with van der Waals surface area (Å²) in [5, 5.41) is 4.80. The predicted molar refractivity (Wildman–Crippen MR) is 179 cm³/mol. The first-order valence-corrected chi connectivity index (χ1v) is 27.1. The maximum atomic E-state index is 7.12. The van der Waals surface area contributed by atoms with Crippen LogP contribution in [-0.4, -0.2) is 38.6 Å². The first-order valence-electron chi connectivity index (χ1n) is 14.7. The standard InChI is InChI=1S/C33H50OSi4/c1-35(2,29-18-12-9-13-19-29)26-32(37(5,6)31-22-16-11-17-23-31)24-28-25-33(38(7,8)34-28)27-36(3,4)30-20-14-10-15-21-30/h9-23,28,32-33H,24-27H2,1-8H3/t28-,32+,33-/m1/s1. The Kier molecular flexibility index (Phi) is 8.95. The Morgan fingerprint density at radius 2 is 1.13 bits per heavy atom. The van der Waals surface area contributed by atoms with Crippen LogP contribution < -0.4 is 15.6 Å². The van der Waals surface area contributed by atoms with Gasteiger partial charge in [-0.25, -0.2) is 0 Å². The van der Waals surface area contributed by atoms with Crippen molar-refractivity contribution in [2.75, 3.05) is 0 Å². The van der Waals surface area contributed by atoms with Crippen LogP contribution in [0.15, 0.2) is 91.0 Å². The van der Waals surface area contributed by atoms with Crippen molar-refractivity contribution in [3.8, 4) is 0 Å². The molecule has 0 unspecified atom stereocenters. The Labute approximate surface area is 237 Å². The number of rotatable bonds is 10. The van der Waals surface area contributed by atoms with Gasteiger partial charge in [0.1, 0.15) is 0 Å². The molecule has 3 atom stereocenters. The molecule has 1 aliphatic heterocycles. The topological polar surface area (TPSA) is 9.23 Å². The van der Waals surface area contributed by atoms with E-state index in [9.17, 15) is 0 Å². The zero-order valence-electron chi connectivity index (χ0n) is 25.1. The molecule has 0 aliphatic carbocycles. The lowest BCUT2D eigenvalue weighted by atomic mass is 10.1. The summed E-state index contributed by atoms with van der Waals surface area (Å²) in [6.07, 6.45) is 2.92. The minimum atomic E-state index is -1.74. The molecule has 0 radical (unpaired) electrons. The van der Waals surface area contributed by atoms with Gasteiger partial charge in [0.25, 0.3) is 0 Å². The summed E-state index contributed by atoms with van der Waals surface area (Å²) in [4.78, 5) is 0. The van der Waals surface area contributed by atoms with E-state index in [0.717, 1.165) is 11.1 Å². The molecule has 0 N–H and O–H groups in total. The van der Waals surface area contributed by atoms with Gasteiger partial charge in [0.15, 0.2) is 8.32 Å². The third-order valence-electron chi connectivity index (χ3n) is 9.71. The van der Waals surface area contributed by atoms with Crippen LogP contribution in [0, 0.1) is 0 Å². The second kappa shape index (κ2) is 11.5. The average Bonchev–Trinajstić information content (AvgIpc) is 3.16. The summed E-state index contributed by atoms with van der Waals surface area (Å²) < 4.78 is 7.12. The van der Waals surface area contributed by atoms with Crippen LogP contribution in [0.4, 0.5) is 0 Å². The van der Waals surface area contributed by atoms with Crippen LogP contribution in [0.3, 0.4) is 0 Å². The van der Waals surface area contributed by atoms with Gasteiger partial charge < -0.3 is 4.43 Å². The fourth-order valence-electron chi connectivity index (χ4n) is 6.95. The van der Waals surface area contributed by atoms with Gasteiger partial charge in [-0.15, -0.1) is 0 Å². The van der Waals surface area contributed by atoms with E-state index < -0.39 is 32.5 Å². The Morgan fingerprint density at radius 1 is 0.684 bits per heavy atom. The molecule has 1 nitrogen and oxygen atoms in total. The van der Waals surface area contributed by atoms with Gasteiger partial charge in [-0.2, -0.15) is 0 Å². The molecule has 3 aromatic rings. The first kappa shape index (κ1) is 29.5. The lowest BCUT2D eigenvalue weighted by Crippen LogP contribution is -2.52. The molecular weight excluding hydrogens is 525 g/mol. The van der Waals surface area contributed by atoms with Crippen molar-refractivity contribution in [3.63, 3.8) is 0 Å². The maximum Gasteiger partial charge on any atom is 0.190 e. The number of hydrogen-bond acceptors (Lipinski definition) is 1. The Hall–Kier alpha value is -1.51. The molecule has 0 bridgehead atoms. The second-order valence-corrected chi connectivity index (χ2v) is 32.8. The van der Waals surface area contributed by atoms with Crippen molar-refractivity contribution in [1.29, 1.82) is 0 Å². The van der Waals surface area contributed by atoms with Crippen molar-refractivity contribution < 1.29 is 4.43 Å². The average molecular weight is 575 g/mol. The molecule has 1 heterocycles. The molecule has 0 aromatic heterocycles. The molecule has 0 amide bonds. The van der Waals surface area contributed by atoms with Crippen molar-refractivity contribution in [1.82, 2.24) is 0 Å². The highest BCUT2D eigenvalue weighted by Crippen LogP contribution is 2.47. The molecule has 1 fully saturated rings. The molecule has 0 spiro atoms. The maximum absolute atomic E-state index is 7.12. The van der Waals surface area contributed by atoms with Crippen LogP contribution in [0.25, 0.3) is 0 Å². The Morgan fingerprint density at radius 3 is 1.63 bits per heavy atom. The van der Waals surface area contributed by atoms with Gasteiger partial charge in [-0.1, -0.05) is 158 Å². The molecule has 204 valence electrons. The van der Waals surface area contributed by atoms with E-state index in [1.165, 1.54) is 24.9 Å². The van der Waals surface area contributed by atoms with Crippen LogP contribution in [0.5, 0.6) is 0 Å². The summed E-state index contributed by atoms with van der Waals surface area (Å²) in [5.41, 5.74) is 1.48. The SMILES string of the molecule is C[Si](C)(C[C@H]1C[C@@H](C[C@@H](C[Si](C)(C)c2ccccc2)[Si](C)(C)c2ccccc2)O[Si]1(C)C)c1ccccc1. The summed E-state index contributed by atoms with van der Waals surface area (Å²) in [6.45, 7) is 20.6. The van der Waals surface area contributed by atoms with E-state index in [-0.39, 0.29) is 0 Å². The van der Waals surface area contributed by atoms with E-state index in [4.69, 9.17) is 4.43 Å². The van der Waals surface area contributed by atoms with E-state index in [1.807, 2.05) is 0 Å². The van der Waals surface area contributed by atoms with Crippen LogP contribution in [-0.2, 0) is 4.43 Å². The molecule has 3 aromatic carbocycles. The Bertz CT molecular complexity index is 1160. The minimum absolute atomic E-state index is 0.420. The fourth-order valence-corrected chi connectivity index (χ4v) is 23.9. The van der Waals surface area contributed by atoms with Gasteiger partial charge >= 0.3 is 0 Å². The van der Waals surface area contributed by atoms with Gasteiger partial charge in [-0.3, -0.25) is 0 Å². The quantitative estimate of drug-likeness (QED) is 0.223. The zero-order chi connectivity index (χ0) is 27.6. The van der Waals surface area contributed by atoms with E-state index >= 15 is 0 Å². The largest absolute Gasteiger partial charge is 0.414 e. The highest BCUT2D eigenvalue weighted by molar-refractivity contribution is 6.95. The van der Waals surface area contributed by atoms with Crippen LogP contribution in [0.1, 0.15) is 12.8 Å². The summed E-state index contributed by atoms with van der Waals surface area (Å²) in [5.74, 6) is 0. The molecule has 5 heteroatoms. The third kappa shape index (κ3) is 6.79. The fraction of sp³-hybridized carbons (Fsp3) is 0.455. The summed E-state index contributed by atoms with van der Waals surface area (Å²) >= 11 is 0. The van der Waals surface area contributed by atoms with Crippen molar-refractivity contribution in [2.24, 2.45) is 0 Å². The van der Waals surface area contributed by atoms with Gasteiger partial charge in [0, 0.05) is 6.10 Å². The summed E-state index contributed by atoms with van der Waals surface area (Å²) in [6, 6.07) is 36.9. The predicted octanol–water partition coefficient (Wildman–Crippen LogP) is 7.96.